The van der Waals surface area contributed by atoms with Crippen LogP contribution in [0.15, 0.2) is 35.9 Å². The molecule has 0 aliphatic rings. The molecule has 134 valence electrons. The number of carbonyl (C=O) groups is 1. The number of carbonyl (C=O) groups excluding carboxylic acids is 1. The zero-order chi connectivity index (χ0) is 19.3. The fraction of sp³-hybridized carbons (Fsp3) is 0.158. The van der Waals surface area contributed by atoms with Crippen molar-refractivity contribution in [1.82, 2.24) is 0 Å². The SMILES string of the molecule is COc1cc(Cl)c(/C=C(\C#N)C(=O)Nc2cccc(Cl)c2C)cc1OC. The standard InChI is InChI=1S/C19H16Cl2N2O3/c1-11-14(20)5-4-6-16(11)23-19(24)13(10-22)7-12-8-17(25-2)18(26-3)9-15(12)21/h4-9H,1-3H3,(H,23,24)/b13-7+. The second-order valence-electron chi connectivity index (χ2n) is 5.27. The molecule has 0 radical (unpaired) electrons. The van der Waals surface area contributed by atoms with E-state index in [2.05, 4.69) is 5.32 Å². The summed E-state index contributed by atoms with van der Waals surface area (Å²) >= 11 is 12.3. The number of anilines is 1. The van der Waals surface area contributed by atoms with Gasteiger partial charge in [-0.2, -0.15) is 5.26 Å². The van der Waals surface area contributed by atoms with Gasteiger partial charge in [0.1, 0.15) is 11.6 Å². The first-order valence-corrected chi connectivity index (χ1v) is 8.26. The van der Waals surface area contributed by atoms with Gasteiger partial charge in [0, 0.05) is 16.8 Å². The van der Waals surface area contributed by atoms with Gasteiger partial charge in [-0.25, -0.2) is 0 Å². The van der Waals surface area contributed by atoms with Crippen LogP contribution in [0.3, 0.4) is 0 Å². The molecule has 0 aromatic heterocycles. The summed E-state index contributed by atoms with van der Waals surface area (Å²) in [5.41, 5.74) is 1.59. The summed E-state index contributed by atoms with van der Waals surface area (Å²) in [6.07, 6.45) is 1.39. The third-order valence-electron chi connectivity index (χ3n) is 3.68. The minimum atomic E-state index is -0.566. The van der Waals surface area contributed by atoms with Crippen molar-refractivity contribution in [3.8, 4) is 17.6 Å². The smallest absolute Gasteiger partial charge is 0.266 e. The van der Waals surface area contributed by atoms with Gasteiger partial charge >= 0.3 is 0 Å². The van der Waals surface area contributed by atoms with Crippen LogP contribution in [0.25, 0.3) is 6.08 Å². The Balaban J connectivity index is 2.37. The monoisotopic (exact) mass is 390 g/mol. The Morgan fingerprint density at radius 1 is 1.15 bits per heavy atom. The number of halogens is 2. The molecule has 0 spiro atoms. The summed E-state index contributed by atoms with van der Waals surface area (Å²) in [7, 11) is 2.98. The van der Waals surface area contributed by atoms with Crippen molar-refractivity contribution >= 4 is 40.9 Å². The quantitative estimate of drug-likeness (QED) is 0.584. The molecule has 0 heterocycles. The Morgan fingerprint density at radius 2 is 1.81 bits per heavy atom. The molecule has 0 saturated heterocycles. The van der Waals surface area contributed by atoms with Crippen molar-refractivity contribution in [2.45, 2.75) is 6.92 Å². The number of nitriles is 1. The molecule has 26 heavy (non-hydrogen) atoms. The molecule has 2 aromatic rings. The largest absolute Gasteiger partial charge is 0.493 e. The number of rotatable bonds is 5. The summed E-state index contributed by atoms with van der Waals surface area (Å²) in [5, 5.41) is 12.9. The molecule has 0 saturated carbocycles. The van der Waals surface area contributed by atoms with Gasteiger partial charge in [-0.05, 0) is 42.3 Å². The van der Waals surface area contributed by atoms with Crippen LogP contribution in [0.2, 0.25) is 10.0 Å². The molecule has 0 fully saturated rings. The number of hydrogen-bond donors (Lipinski definition) is 1. The van der Waals surface area contributed by atoms with E-state index in [-0.39, 0.29) is 5.57 Å². The van der Waals surface area contributed by atoms with Crippen molar-refractivity contribution in [3.05, 3.63) is 57.1 Å². The van der Waals surface area contributed by atoms with Gasteiger partial charge in [-0.1, -0.05) is 29.3 Å². The molecule has 0 aliphatic carbocycles. The molecule has 2 aromatic carbocycles. The van der Waals surface area contributed by atoms with E-state index in [0.717, 1.165) is 0 Å². The van der Waals surface area contributed by atoms with Crippen molar-refractivity contribution < 1.29 is 14.3 Å². The Hall–Kier alpha value is -2.68. The van der Waals surface area contributed by atoms with Gasteiger partial charge in [-0.15, -0.1) is 0 Å². The van der Waals surface area contributed by atoms with Crippen LogP contribution >= 0.6 is 23.2 Å². The summed E-state index contributed by atoms with van der Waals surface area (Å²) in [6.45, 7) is 1.78. The molecule has 0 aliphatic heterocycles. The second-order valence-corrected chi connectivity index (χ2v) is 6.08. The van der Waals surface area contributed by atoms with E-state index in [1.165, 1.54) is 20.3 Å². The predicted molar refractivity (Wildman–Crippen MR) is 103 cm³/mol. The first kappa shape index (κ1) is 19.6. The van der Waals surface area contributed by atoms with E-state index in [4.69, 9.17) is 32.7 Å². The molecular weight excluding hydrogens is 375 g/mol. The minimum absolute atomic E-state index is 0.113. The van der Waals surface area contributed by atoms with Crippen molar-refractivity contribution in [2.24, 2.45) is 0 Å². The van der Waals surface area contributed by atoms with Gasteiger partial charge in [0.05, 0.1) is 19.2 Å². The van der Waals surface area contributed by atoms with E-state index < -0.39 is 5.91 Å². The average molecular weight is 391 g/mol. The maximum absolute atomic E-state index is 12.5. The lowest BCUT2D eigenvalue weighted by atomic mass is 10.1. The topological polar surface area (TPSA) is 71.3 Å². The highest BCUT2D eigenvalue weighted by molar-refractivity contribution is 6.32. The van der Waals surface area contributed by atoms with Crippen molar-refractivity contribution in [3.63, 3.8) is 0 Å². The molecule has 0 bridgehead atoms. The van der Waals surface area contributed by atoms with E-state index in [0.29, 0.717) is 38.4 Å². The van der Waals surface area contributed by atoms with Crippen molar-refractivity contribution in [1.29, 1.82) is 5.26 Å². The predicted octanol–water partition coefficient (Wildman–Crippen LogP) is 4.86. The molecule has 5 nitrogen and oxygen atoms in total. The normalized spacial score (nSPS) is 10.8. The lowest BCUT2D eigenvalue weighted by molar-refractivity contribution is -0.112. The number of nitrogens with zero attached hydrogens (tertiary/aromatic N) is 1. The van der Waals surface area contributed by atoms with Gasteiger partial charge in [0.15, 0.2) is 11.5 Å². The zero-order valence-electron chi connectivity index (χ0n) is 14.4. The van der Waals surface area contributed by atoms with E-state index in [1.807, 2.05) is 6.07 Å². The third-order valence-corrected chi connectivity index (χ3v) is 4.42. The second kappa shape index (κ2) is 8.61. The Bertz CT molecular complexity index is 918. The number of nitrogens with one attached hydrogen (secondary N) is 1. The fourth-order valence-corrected chi connectivity index (χ4v) is 2.60. The van der Waals surface area contributed by atoms with Gasteiger partial charge in [0.2, 0.25) is 0 Å². The minimum Gasteiger partial charge on any atom is -0.493 e. The summed E-state index contributed by atoms with van der Waals surface area (Å²) in [5.74, 6) is 0.322. The van der Waals surface area contributed by atoms with Crippen LogP contribution < -0.4 is 14.8 Å². The maximum Gasteiger partial charge on any atom is 0.266 e. The number of methoxy groups -OCH3 is 2. The zero-order valence-corrected chi connectivity index (χ0v) is 15.9. The molecule has 2 rings (SSSR count). The molecule has 1 N–H and O–H groups in total. The Labute approximate surface area is 161 Å². The lowest BCUT2D eigenvalue weighted by Gasteiger charge is -2.11. The summed E-state index contributed by atoms with van der Waals surface area (Å²) in [4.78, 5) is 12.5. The van der Waals surface area contributed by atoms with Crippen molar-refractivity contribution in [2.75, 3.05) is 19.5 Å². The van der Waals surface area contributed by atoms with Gasteiger partial charge < -0.3 is 14.8 Å². The Morgan fingerprint density at radius 3 is 2.42 bits per heavy atom. The number of ether oxygens (including phenoxy) is 2. The molecule has 7 heteroatoms. The first-order chi connectivity index (χ1) is 12.4. The Kier molecular flexibility index (Phi) is 6.51. The fourth-order valence-electron chi connectivity index (χ4n) is 2.22. The number of benzene rings is 2. The molecule has 0 atom stereocenters. The highest BCUT2D eigenvalue weighted by Gasteiger charge is 2.14. The van der Waals surface area contributed by atoms with Crippen LogP contribution in [0, 0.1) is 18.3 Å². The van der Waals surface area contributed by atoms with Crippen LogP contribution in [0.1, 0.15) is 11.1 Å². The molecule has 1 amide bonds. The van der Waals surface area contributed by atoms with Crippen LogP contribution in [0.4, 0.5) is 5.69 Å². The highest BCUT2D eigenvalue weighted by atomic mass is 35.5. The highest BCUT2D eigenvalue weighted by Crippen LogP contribution is 2.34. The van der Waals surface area contributed by atoms with Crippen LogP contribution in [-0.4, -0.2) is 20.1 Å². The maximum atomic E-state index is 12.5. The van der Waals surface area contributed by atoms with Crippen LogP contribution in [-0.2, 0) is 4.79 Å². The van der Waals surface area contributed by atoms with Crippen LogP contribution in [0.5, 0.6) is 11.5 Å². The molecular formula is C19H16Cl2N2O3. The van der Waals surface area contributed by atoms with E-state index >= 15 is 0 Å². The average Bonchev–Trinajstić information content (AvgIpc) is 2.64. The summed E-state index contributed by atoms with van der Waals surface area (Å²) < 4.78 is 10.4. The van der Waals surface area contributed by atoms with E-state index in [1.54, 1.807) is 37.3 Å². The third kappa shape index (κ3) is 4.29. The number of hydrogen-bond acceptors (Lipinski definition) is 4. The summed E-state index contributed by atoms with van der Waals surface area (Å²) in [6, 6.07) is 10.2. The molecule has 0 unspecified atom stereocenters. The van der Waals surface area contributed by atoms with Gasteiger partial charge in [0.25, 0.3) is 5.91 Å². The number of amides is 1. The lowest BCUT2D eigenvalue weighted by Crippen LogP contribution is -2.14. The first-order valence-electron chi connectivity index (χ1n) is 7.51. The van der Waals surface area contributed by atoms with E-state index in [9.17, 15) is 10.1 Å². The van der Waals surface area contributed by atoms with Gasteiger partial charge in [-0.3, -0.25) is 4.79 Å².